The van der Waals surface area contributed by atoms with Crippen LogP contribution in [0.15, 0.2) is 12.3 Å². The third-order valence-corrected chi connectivity index (χ3v) is 3.67. The Kier molecular flexibility index (Phi) is 4.44. The van der Waals surface area contributed by atoms with Crippen LogP contribution in [0.4, 0.5) is 11.4 Å². The highest BCUT2D eigenvalue weighted by molar-refractivity contribution is 5.97. The third kappa shape index (κ3) is 2.85. The lowest BCUT2D eigenvalue weighted by molar-refractivity contribution is -0.120. The SMILES string of the molecule is COc1nccc(N(C)C)c1NC(=O)C1CNCC1C. The highest BCUT2D eigenvalue weighted by atomic mass is 16.5. The maximum Gasteiger partial charge on any atom is 0.239 e. The normalized spacial score (nSPS) is 21.6. The van der Waals surface area contributed by atoms with Crippen LogP contribution in [-0.2, 0) is 4.79 Å². The van der Waals surface area contributed by atoms with Gasteiger partial charge in [0.25, 0.3) is 0 Å². The predicted molar refractivity (Wildman–Crippen MR) is 79.3 cm³/mol. The second kappa shape index (κ2) is 6.09. The zero-order valence-electron chi connectivity index (χ0n) is 12.4. The summed E-state index contributed by atoms with van der Waals surface area (Å²) in [7, 11) is 5.39. The maximum atomic E-state index is 12.4. The molecule has 2 heterocycles. The number of nitrogens with one attached hydrogen (secondary N) is 2. The van der Waals surface area contributed by atoms with E-state index < -0.39 is 0 Å². The van der Waals surface area contributed by atoms with Crippen LogP contribution in [-0.4, -0.2) is 45.2 Å². The maximum absolute atomic E-state index is 12.4. The second-order valence-electron chi connectivity index (χ2n) is 5.34. The van der Waals surface area contributed by atoms with Gasteiger partial charge in [-0.3, -0.25) is 4.79 Å². The summed E-state index contributed by atoms with van der Waals surface area (Å²) in [5, 5.41) is 6.21. The number of aromatic nitrogens is 1. The molecule has 0 spiro atoms. The Morgan fingerprint density at radius 2 is 2.25 bits per heavy atom. The Labute approximate surface area is 119 Å². The van der Waals surface area contributed by atoms with Crippen molar-refractivity contribution >= 4 is 17.3 Å². The molecule has 1 aliphatic heterocycles. The fourth-order valence-corrected chi connectivity index (χ4v) is 2.45. The summed E-state index contributed by atoms with van der Waals surface area (Å²) in [5.41, 5.74) is 1.51. The van der Waals surface area contributed by atoms with Gasteiger partial charge in [0.15, 0.2) is 0 Å². The lowest BCUT2D eigenvalue weighted by Gasteiger charge is -2.21. The highest BCUT2D eigenvalue weighted by Gasteiger charge is 2.30. The molecule has 6 nitrogen and oxygen atoms in total. The van der Waals surface area contributed by atoms with E-state index in [4.69, 9.17) is 4.74 Å². The van der Waals surface area contributed by atoms with Crippen molar-refractivity contribution in [2.75, 3.05) is 44.5 Å². The quantitative estimate of drug-likeness (QED) is 0.858. The molecule has 0 bridgehead atoms. The van der Waals surface area contributed by atoms with Gasteiger partial charge in [-0.15, -0.1) is 0 Å². The molecule has 1 fully saturated rings. The van der Waals surface area contributed by atoms with Crippen molar-refractivity contribution in [3.63, 3.8) is 0 Å². The summed E-state index contributed by atoms with van der Waals surface area (Å²) >= 11 is 0. The molecule has 6 heteroatoms. The van der Waals surface area contributed by atoms with Gasteiger partial charge in [-0.05, 0) is 18.5 Å². The van der Waals surface area contributed by atoms with E-state index in [9.17, 15) is 4.79 Å². The highest BCUT2D eigenvalue weighted by Crippen LogP contribution is 2.33. The molecular weight excluding hydrogens is 256 g/mol. The van der Waals surface area contributed by atoms with Crippen LogP contribution in [0.3, 0.4) is 0 Å². The Balaban J connectivity index is 2.25. The number of carbonyl (C=O) groups is 1. The van der Waals surface area contributed by atoms with Crippen molar-refractivity contribution in [1.29, 1.82) is 0 Å². The first-order valence-electron chi connectivity index (χ1n) is 6.76. The van der Waals surface area contributed by atoms with Crippen LogP contribution in [0.25, 0.3) is 0 Å². The van der Waals surface area contributed by atoms with Crippen LogP contribution in [0.1, 0.15) is 6.92 Å². The van der Waals surface area contributed by atoms with E-state index in [0.717, 1.165) is 12.2 Å². The molecule has 2 unspecified atom stereocenters. The first-order valence-corrected chi connectivity index (χ1v) is 6.76. The van der Waals surface area contributed by atoms with E-state index >= 15 is 0 Å². The van der Waals surface area contributed by atoms with Crippen LogP contribution >= 0.6 is 0 Å². The average molecular weight is 278 g/mol. The molecule has 0 saturated carbocycles. The third-order valence-electron chi connectivity index (χ3n) is 3.67. The zero-order valence-corrected chi connectivity index (χ0v) is 12.4. The summed E-state index contributed by atoms with van der Waals surface area (Å²) in [6, 6.07) is 1.86. The zero-order chi connectivity index (χ0) is 14.7. The lowest BCUT2D eigenvalue weighted by atomic mass is 9.97. The van der Waals surface area contributed by atoms with Gasteiger partial charge in [-0.2, -0.15) is 0 Å². The minimum absolute atomic E-state index is 0.0110. The van der Waals surface area contributed by atoms with E-state index in [1.807, 2.05) is 25.1 Å². The van der Waals surface area contributed by atoms with Crippen LogP contribution in [0, 0.1) is 11.8 Å². The molecule has 0 radical (unpaired) electrons. The molecule has 2 N–H and O–H groups in total. The van der Waals surface area contributed by atoms with Crippen molar-refractivity contribution in [1.82, 2.24) is 10.3 Å². The Bertz CT molecular complexity index is 490. The van der Waals surface area contributed by atoms with E-state index in [-0.39, 0.29) is 11.8 Å². The van der Waals surface area contributed by atoms with Gasteiger partial charge < -0.3 is 20.3 Å². The van der Waals surface area contributed by atoms with Gasteiger partial charge in [-0.25, -0.2) is 4.98 Å². The first-order chi connectivity index (χ1) is 9.54. The largest absolute Gasteiger partial charge is 0.479 e. The molecule has 20 heavy (non-hydrogen) atoms. The summed E-state index contributed by atoms with van der Waals surface area (Å²) in [4.78, 5) is 18.5. The van der Waals surface area contributed by atoms with Crippen molar-refractivity contribution in [2.24, 2.45) is 11.8 Å². The number of amides is 1. The molecule has 1 aromatic heterocycles. The van der Waals surface area contributed by atoms with Gasteiger partial charge in [0.1, 0.15) is 5.69 Å². The molecule has 1 saturated heterocycles. The molecule has 1 aliphatic rings. The molecule has 1 aromatic rings. The molecule has 2 rings (SSSR count). The topological polar surface area (TPSA) is 66.5 Å². The van der Waals surface area contributed by atoms with Gasteiger partial charge >= 0.3 is 0 Å². The molecule has 0 aromatic carbocycles. The summed E-state index contributed by atoms with van der Waals surface area (Å²) < 4.78 is 5.26. The van der Waals surface area contributed by atoms with E-state index in [1.54, 1.807) is 13.3 Å². The van der Waals surface area contributed by atoms with Crippen LogP contribution < -0.4 is 20.3 Å². The number of rotatable bonds is 4. The fraction of sp³-hybridized carbons (Fsp3) is 0.571. The molecule has 110 valence electrons. The molecular formula is C14H22N4O2. The number of hydrogen-bond acceptors (Lipinski definition) is 5. The van der Waals surface area contributed by atoms with E-state index in [2.05, 4.69) is 22.5 Å². The number of pyridine rings is 1. The Morgan fingerprint density at radius 3 is 2.80 bits per heavy atom. The van der Waals surface area contributed by atoms with Crippen LogP contribution in [0.2, 0.25) is 0 Å². The van der Waals surface area contributed by atoms with Gasteiger partial charge in [-0.1, -0.05) is 6.92 Å². The van der Waals surface area contributed by atoms with Crippen molar-refractivity contribution in [3.05, 3.63) is 12.3 Å². The number of carbonyl (C=O) groups excluding carboxylic acids is 1. The fourth-order valence-electron chi connectivity index (χ4n) is 2.45. The smallest absolute Gasteiger partial charge is 0.239 e. The lowest BCUT2D eigenvalue weighted by Crippen LogP contribution is -2.29. The Hall–Kier alpha value is -1.82. The minimum Gasteiger partial charge on any atom is -0.479 e. The number of hydrogen-bond donors (Lipinski definition) is 2. The Morgan fingerprint density at radius 1 is 1.50 bits per heavy atom. The minimum atomic E-state index is -0.0186. The first kappa shape index (κ1) is 14.6. The molecule has 0 aliphatic carbocycles. The second-order valence-corrected chi connectivity index (χ2v) is 5.34. The van der Waals surface area contributed by atoms with Gasteiger partial charge in [0.05, 0.1) is 18.7 Å². The summed E-state index contributed by atoms with van der Waals surface area (Å²) in [6.45, 7) is 3.67. The summed E-state index contributed by atoms with van der Waals surface area (Å²) in [5.74, 6) is 0.760. The van der Waals surface area contributed by atoms with E-state index in [0.29, 0.717) is 24.0 Å². The number of ether oxygens (including phenoxy) is 1. The predicted octanol–water partition coefficient (Wildman–Crippen LogP) is 0.950. The van der Waals surface area contributed by atoms with Crippen molar-refractivity contribution in [3.8, 4) is 5.88 Å². The number of anilines is 2. The molecule has 2 atom stereocenters. The van der Waals surface area contributed by atoms with Crippen molar-refractivity contribution < 1.29 is 9.53 Å². The summed E-state index contributed by atoms with van der Waals surface area (Å²) in [6.07, 6.45) is 1.67. The number of nitrogens with zero attached hydrogens (tertiary/aromatic N) is 2. The molecule has 1 amide bonds. The van der Waals surface area contributed by atoms with Gasteiger partial charge in [0, 0.05) is 26.8 Å². The van der Waals surface area contributed by atoms with Gasteiger partial charge in [0.2, 0.25) is 11.8 Å². The van der Waals surface area contributed by atoms with Crippen LogP contribution in [0.5, 0.6) is 5.88 Å². The average Bonchev–Trinajstić information content (AvgIpc) is 2.85. The standard InChI is InChI=1S/C14H22N4O2/c1-9-7-15-8-10(9)13(19)17-12-11(18(2)3)5-6-16-14(12)20-4/h5-6,9-10,15H,7-8H2,1-4H3,(H,17,19). The number of methoxy groups -OCH3 is 1. The monoisotopic (exact) mass is 278 g/mol. The van der Waals surface area contributed by atoms with E-state index in [1.165, 1.54) is 0 Å². The van der Waals surface area contributed by atoms with Crippen molar-refractivity contribution in [2.45, 2.75) is 6.92 Å².